The van der Waals surface area contributed by atoms with Crippen molar-refractivity contribution in [1.82, 2.24) is 0 Å². The number of phenolic OH excluding ortho intramolecular Hbond substituents is 1. The second-order valence-corrected chi connectivity index (χ2v) is 8.58. The van der Waals surface area contributed by atoms with Crippen LogP contribution < -0.4 is 4.90 Å². The molecule has 6 heteroatoms. The number of esters is 1. The van der Waals surface area contributed by atoms with Gasteiger partial charge in [0.2, 0.25) is 5.91 Å². The van der Waals surface area contributed by atoms with Crippen molar-refractivity contribution in [2.45, 2.75) is 38.1 Å². The van der Waals surface area contributed by atoms with E-state index in [4.69, 9.17) is 0 Å². The topological polar surface area (TPSA) is 66.8 Å². The molecule has 1 aliphatic heterocycles. The zero-order valence-electron chi connectivity index (χ0n) is 19.1. The summed E-state index contributed by atoms with van der Waals surface area (Å²) in [6, 6.07) is 20.9. The number of rotatable bonds is 9. The molecule has 0 unspecified atom stereocenters. The van der Waals surface area contributed by atoms with Crippen LogP contribution in [0.5, 0.6) is 5.75 Å². The molecule has 1 fully saturated rings. The Kier molecular flexibility index (Phi) is 7.26. The van der Waals surface area contributed by atoms with E-state index in [0.717, 1.165) is 18.4 Å². The minimum atomic E-state index is -0.370. The summed E-state index contributed by atoms with van der Waals surface area (Å²) in [6.07, 6.45) is 3.06. The average molecular weight is 462 g/mol. The zero-order chi connectivity index (χ0) is 24.1. The summed E-state index contributed by atoms with van der Waals surface area (Å²) in [5, 5.41) is 10.9. The fourth-order valence-corrected chi connectivity index (χ4v) is 4.59. The van der Waals surface area contributed by atoms with Crippen LogP contribution in [0.3, 0.4) is 0 Å². The highest BCUT2D eigenvalue weighted by atomic mass is 19.1. The normalized spacial score (nSPS) is 17.4. The number of phenols is 1. The Morgan fingerprint density at radius 2 is 1.74 bits per heavy atom. The molecule has 0 saturated carbocycles. The molecular formula is C28H28FNO4. The number of carbonyl (C=O) groups excluding carboxylic acids is 2. The molecule has 2 atom stereocenters. The van der Waals surface area contributed by atoms with E-state index in [1.54, 1.807) is 23.1 Å². The third-order valence-electron chi connectivity index (χ3n) is 6.40. The van der Waals surface area contributed by atoms with Crippen molar-refractivity contribution in [3.63, 3.8) is 0 Å². The van der Waals surface area contributed by atoms with Gasteiger partial charge in [-0.15, -0.1) is 0 Å². The molecule has 1 saturated heterocycles. The van der Waals surface area contributed by atoms with E-state index in [9.17, 15) is 19.1 Å². The highest BCUT2D eigenvalue weighted by molar-refractivity contribution is 6.03. The number of amides is 1. The molecule has 0 bridgehead atoms. The molecule has 3 aromatic rings. The van der Waals surface area contributed by atoms with Crippen LogP contribution in [-0.4, -0.2) is 24.1 Å². The van der Waals surface area contributed by atoms with Crippen LogP contribution in [0.2, 0.25) is 0 Å². The van der Waals surface area contributed by atoms with Crippen LogP contribution in [-0.2, 0) is 27.2 Å². The number of anilines is 1. The van der Waals surface area contributed by atoms with Gasteiger partial charge < -0.3 is 14.7 Å². The minimum absolute atomic E-state index is 0.0289. The largest absolute Gasteiger partial charge is 0.508 e. The van der Waals surface area contributed by atoms with Crippen molar-refractivity contribution in [1.29, 1.82) is 0 Å². The predicted octanol–water partition coefficient (Wildman–Crippen LogP) is 5.36. The molecule has 176 valence electrons. The van der Waals surface area contributed by atoms with Gasteiger partial charge in [-0.1, -0.05) is 42.5 Å². The van der Waals surface area contributed by atoms with Crippen molar-refractivity contribution in [2.24, 2.45) is 5.92 Å². The first kappa shape index (κ1) is 23.5. The van der Waals surface area contributed by atoms with E-state index in [1.165, 1.54) is 24.8 Å². The number of benzene rings is 3. The average Bonchev–Trinajstić information content (AvgIpc) is 2.85. The van der Waals surface area contributed by atoms with Crippen LogP contribution in [0.4, 0.5) is 10.1 Å². The fraction of sp³-hybridized carbons (Fsp3) is 0.286. The predicted molar refractivity (Wildman–Crippen MR) is 128 cm³/mol. The number of aromatic hydroxyl groups is 1. The van der Waals surface area contributed by atoms with Gasteiger partial charge in [0.25, 0.3) is 0 Å². The standard InChI is InChI=1S/C28H28FNO4/c1-34-26(32)17-11-20-10-16-23(25(31)18-20)27-24(9-5-8-19-6-3-2-4-7-19)28(33)30(27)22-14-12-21(29)13-15-22/h2-4,6-7,10,12-16,18,24,27,31H,5,8-9,11,17H2,1H3/t24-,27-/m0/s1. The number of methoxy groups -OCH3 is 1. The summed E-state index contributed by atoms with van der Waals surface area (Å²) >= 11 is 0. The van der Waals surface area contributed by atoms with Gasteiger partial charge in [-0.25, -0.2) is 4.39 Å². The Morgan fingerprint density at radius 1 is 1.00 bits per heavy atom. The first-order valence-corrected chi connectivity index (χ1v) is 11.5. The molecule has 3 aromatic carbocycles. The van der Waals surface area contributed by atoms with Gasteiger partial charge in [-0.3, -0.25) is 9.59 Å². The van der Waals surface area contributed by atoms with Crippen molar-refractivity contribution in [2.75, 3.05) is 12.0 Å². The molecule has 0 aromatic heterocycles. The van der Waals surface area contributed by atoms with Crippen molar-refractivity contribution < 1.29 is 23.8 Å². The van der Waals surface area contributed by atoms with Crippen molar-refractivity contribution >= 4 is 17.6 Å². The number of ether oxygens (including phenoxy) is 1. The monoisotopic (exact) mass is 461 g/mol. The lowest BCUT2D eigenvalue weighted by atomic mass is 9.78. The Labute approximate surface area is 198 Å². The van der Waals surface area contributed by atoms with Crippen LogP contribution in [0.25, 0.3) is 0 Å². The van der Waals surface area contributed by atoms with Gasteiger partial charge in [-0.05, 0) is 67.1 Å². The SMILES string of the molecule is COC(=O)CCc1ccc([C@H]2[C@H](CCCc3ccccc3)C(=O)N2c2ccc(F)cc2)c(O)c1. The van der Waals surface area contributed by atoms with E-state index in [-0.39, 0.29) is 41.8 Å². The number of nitrogens with zero attached hydrogens (tertiary/aromatic N) is 1. The molecule has 5 nitrogen and oxygen atoms in total. The molecule has 1 aliphatic rings. The Bertz CT molecular complexity index is 1150. The molecule has 1 N–H and O–H groups in total. The number of hydrogen-bond acceptors (Lipinski definition) is 4. The smallest absolute Gasteiger partial charge is 0.305 e. The maximum absolute atomic E-state index is 13.5. The summed E-state index contributed by atoms with van der Waals surface area (Å²) < 4.78 is 18.2. The Balaban J connectivity index is 1.55. The first-order valence-electron chi connectivity index (χ1n) is 11.5. The van der Waals surface area contributed by atoms with Gasteiger partial charge in [0.15, 0.2) is 0 Å². The summed E-state index contributed by atoms with van der Waals surface area (Å²) in [7, 11) is 1.35. The molecule has 34 heavy (non-hydrogen) atoms. The maximum atomic E-state index is 13.5. The van der Waals surface area contributed by atoms with Gasteiger partial charge in [0, 0.05) is 17.7 Å². The van der Waals surface area contributed by atoms with E-state index in [1.807, 2.05) is 30.3 Å². The van der Waals surface area contributed by atoms with Crippen molar-refractivity contribution in [3.8, 4) is 5.75 Å². The lowest BCUT2D eigenvalue weighted by Gasteiger charge is -2.48. The number of hydrogen-bond donors (Lipinski definition) is 1. The van der Waals surface area contributed by atoms with Gasteiger partial charge in [0.1, 0.15) is 11.6 Å². The summed E-state index contributed by atoms with van der Waals surface area (Å²) in [6.45, 7) is 0. The third-order valence-corrected chi connectivity index (χ3v) is 6.40. The summed E-state index contributed by atoms with van der Waals surface area (Å²) in [4.78, 5) is 26.2. The van der Waals surface area contributed by atoms with E-state index < -0.39 is 0 Å². The Hall–Kier alpha value is -3.67. The molecule has 1 amide bonds. The van der Waals surface area contributed by atoms with E-state index >= 15 is 0 Å². The first-order chi connectivity index (χ1) is 16.5. The van der Waals surface area contributed by atoms with Crippen LogP contribution >= 0.6 is 0 Å². The molecule has 0 aliphatic carbocycles. The molecule has 0 radical (unpaired) electrons. The second-order valence-electron chi connectivity index (χ2n) is 8.58. The summed E-state index contributed by atoms with van der Waals surface area (Å²) in [5.41, 5.74) is 3.28. The number of aryl methyl sites for hydroxylation is 2. The fourth-order valence-electron chi connectivity index (χ4n) is 4.59. The molecular weight excluding hydrogens is 433 g/mol. The van der Waals surface area contributed by atoms with E-state index in [0.29, 0.717) is 24.1 Å². The number of halogens is 1. The lowest BCUT2D eigenvalue weighted by molar-refractivity contribution is -0.140. The molecule has 0 spiro atoms. The Morgan fingerprint density at radius 3 is 2.41 bits per heavy atom. The van der Waals surface area contributed by atoms with Crippen LogP contribution in [0.15, 0.2) is 72.8 Å². The van der Waals surface area contributed by atoms with Gasteiger partial charge >= 0.3 is 5.97 Å². The molecule has 4 rings (SSSR count). The number of β-lactam (4-membered cyclic amide) rings is 1. The second kappa shape index (κ2) is 10.5. The highest BCUT2D eigenvalue weighted by Gasteiger charge is 2.49. The molecule has 1 heterocycles. The quantitative estimate of drug-likeness (QED) is 0.344. The third kappa shape index (κ3) is 5.11. The van der Waals surface area contributed by atoms with Crippen LogP contribution in [0, 0.1) is 11.7 Å². The maximum Gasteiger partial charge on any atom is 0.305 e. The lowest BCUT2D eigenvalue weighted by Crippen LogP contribution is -2.55. The van der Waals surface area contributed by atoms with Gasteiger partial charge in [-0.2, -0.15) is 0 Å². The zero-order valence-corrected chi connectivity index (χ0v) is 19.1. The summed E-state index contributed by atoms with van der Waals surface area (Å²) in [5.74, 6) is -0.904. The van der Waals surface area contributed by atoms with Crippen LogP contribution in [0.1, 0.15) is 42.0 Å². The number of carbonyl (C=O) groups is 2. The highest BCUT2D eigenvalue weighted by Crippen LogP contribution is 2.48. The van der Waals surface area contributed by atoms with E-state index in [2.05, 4.69) is 16.9 Å². The van der Waals surface area contributed by atoms with Crippen molar-refractivity contribution in [3.05, 3.63) is 95.3 Å². The van der Waals surface area contributed by atoms with Gasteiger partial charge in [0.05, 0.1) is 19.1 Å². The minimum Gasteiger partial charge on any atom is -0.508 e.